The third-order valence-corrected chi connectivity index (χ3v) is 16.8. The van der Waals surface area contributed by atoms with Crippen LogP contribution in [0.4, 0.5) is 34.1 Å². The first-order valence-corrected chi connectivity index (χ1v) is 20.4. The monoisotopic (exact) mass is 684 g/mol. The SMILES string of the molecule is c1ccc([N-][P+]2([N-]c3ccccc3)N[P+]([N-]c3ccccc3)([N-]c3ccccc3)N[P+]([N-]c3ccccc3)([N-]c3ccccc3)N2)cc1. The molecule has 6 aromatic rings. The molecule has 3 N–H and O–H groups in total. The molecule has 240 valence electrons. The zero-order chi connectivity index (χ0) is 32.5. The predicted octanol–water partition coefficient (Wildman–Crippen LogP) is 14.0. The van der Waals surface area contributed by atoms with Gasteiger partial charge in [-0.25, -0.2) is 0 Å². The number of hydrogen-bond acceptors (Lipinski definition) is 3. The van der Waals surface area contributed by atoms with E-state index in [1.54, 1.807) is 0 Å². The first-order chi connectivity index (χ1) is 23.6. The fourth-order valence-electron chi connectivity index (χ4n) is 4.96. The Morgan fingerprint density at radius 3 is 0.521 bits per heavy atom. The Morgan fingerprint density at radius 2 is 0.375 bits per heavy atom. The maximum Gasteiger partial charge on any atom is 0.122 e. The quantitative estimate of drug-likeness (QED) is 0.111. The second kappa shape index (κ2) is 14.6. The highest BCUT2D eigenvalue weighted by Gasteiger charge is 2.50. The van der Waals surface area contributed by atoms with Gasteiger partial charge in [0.2, 0.25) is 0 Å². The lowest BCUT2D eigenvalue weighted by molar-refractivity contribution is 1.27. The minimum Gasteiger partial charge on any atom is -0.495 e. The van der Waals surface area contributed by atoms with Crippen molar-refractivity contribution in [2.75, 3.05) is 0 Å². The molecule has 0 radical (unpaired) electrons. The topological polar surface area (TPSA) is 121 Å². The molecule has 0 bridgehead atoms. The van der Waals surface area contributed by atoms with Crippen molar-refractivity contribution in [3.63, 3.8) is 0 Å². The summed E-state index contributed by atoms with van der Waals surface area (Å²) in [6.07, 6.45) is 0. The maximum absolute atomic E-state index is 5.40. The molecule has 1 heterocycles. The molecule has 1 saturated heterocycles. The summed E-state index contributed by atoms with van der Waals surface area (Å²) in [6, 6.07) is 59.1. The van der Waals surface area contributed by atoms with Gasteiger partial charge in [0, 0.05) is 0 Å². The Bertz CT molecular complexity index is 1500. The van der Waals surface area contributed by atoms with Gasteiger partial charge in [0.05, 0.1) is 0 Å². The summed E-state index contributed by atoms with van der Waals surface area (Å²) in [4.78, 5) is 11.5. The van der Waals surface area contributed by atoms with Crippen LogP contribution in [0.2, 0.25) is 0 Å². The van der Waals surface area contributed by atoms with Crippen LogP contribution in [-0.2, 0) is 0 Å². The zero-order valence-electron chi connectivity index (χ0n) is 25.8. The molecule has 0 unspecified atom stereocenters. The molecular formula is C36H33N9P3-3. The summed E-state index contributed by atoms with van der Waals surface area (Å²) in [6.45, 7) is 0. The van der Waals surface area contributed by atoms with Gasteiger partial charge in [-0.15, -0.1) is 34.1 Å². The van der Waals surface area contributed by atoms with Crippen LogP contribution in [0.1, 0.15) is 0 Å². The van der Waals surface area contributed by atoms with E-state index in [9.17, 15) is 0 Å². The van der Waals surface area contributed by atoms with E-state index in [0.717, 1.165) is 34.1 Å². The van der Waals surface area contributed by atoms with E-state index in [1.807, 2.05) is 182 Å². The Labute approximate surface area is 284 Å². The molecular weight excluding hydrogens is 651 g/mol. The van der Waals surface area contributed by atoms with E-state index in [0.29, 0.717) is 0 Å². The Kier molecular flexibility index (Phi) is 9.69. The fraction of sp³-hybridized carbons (Fsp3) is 0. The van der Waals surface area contributed by atoms with Crippen molar-refractivity contribution >= 4 is 57.7 Å². The fourth-order valence-corrected chi connectivity index (χ4v) is 16.5. The van der Waals surface area contributed by atoms with Gasteiger partial charge in [-0.1, -0.05) is 197 Å². The molecule has 1 aliphatic heterocycles. The molecule has 1 fully saturated rings. The van der Waals surface area contributed by atoms with Crippen LogP contribution in [0.5, 0.6) is 0 Å². The molecule has 0 amide bonds. The highest BCUT2D eigenvalue weighted by atomic mass is 31.3. The summed E-state index contributed by atoms with van der Waals surface area (Å²) in [5, 5.41) is 32.4. The van der Waals surface area contributed by atoms with E-state index in [1.165, 1.54) is 0 Å². The summed E-state index contributed by atoms with van der Waals surface area (Å²) < 4.78 is 0. The van der Waals surface area contributed by atoms with Crippen molar-refractivity contribution in [3.8, 4) is 0 Å². The van der Waals surface area contributed by atoms with Crippen LogP contribution < -0.4 is 14.6 Å². The van der Waals surface area contributed by atoms with Gasteiger partial charge in [-0.05, 0) is 0 Å². The Balaban J connectivity index is 1.44. The second-order valence-corrected chi connectivity index (χ2v) is 17.9. The van der Waals surface area contributed by atoms with Crippen molar-refractivity contribution in [3.05, 3.63) is 213 Å². The first-order valence-electron chi connectivity index (χ1n) is 15.3. The van der Waals surface area contributed by atoms with Gasteiger partial charge in [0.15, 0.2) is 0 Å². The van der Waals surface area contributed by atoms with Crippen LogP contribution in [0, 0.1) is 0 Å². The van der Waals surface area contributed by atoms with Crippen LogP contribution in [0.15, 0.2) is 182 Å². The molecule has 0 spiro atoms. The van der Waals surface area contributed by atoms with E-state index < -0.39 is 23.6 Å². The molecule has 1 aliphatic rings. The number of hydrogen-bond donors (Lipinski definition) is 3. The summed E-state index contributed by atoms with van der Waals surface area (Å²) >= 11 is 0. The number of nitrogens with zero attached hydrogens (tertiary/aromatic N) is 6. The predicted molar refractivity (Wildman–Crippen MR) is 207 cm³/mol. The van der Waals surface area contributed by atoms with Crippen LogP contribution in [0.3, 0.4) is 0 Å². The molecule has 0 atom stereocenters. The number of benzene rings is 6. The third kappa shape index (κ3) is 8.04. The second-order valence-electron chi connectivity index (χ2n) is 10.7. The number of rotatable bonds is 12. The minimum atomic E-state index is -3.21. The highest BCUT2D eigenvalue weighted by Crippen LogP contribution is 2.93. The lowest BCUT2D eigenvalue weighted by atomic mass is 10.3. The molecule has 12 heteroatoms. The minimum absolute atomic E-state index is 0.752. The van der Waals surface area contributed by atoms with Gasteiger partial charge < -0.3 is 30.5 Å². The average molecular weight is 685 g/mol. The van der Waals surface area contributed by atoms with Crippen LogP contribution in [0.25, 0.3) is 30.5 Å². The molecule has 0 saturated carbocycles. The van der Waals surface area contributed by atoms with Gasteiger partial charge in [0.1, 0.15) is 23.6 Å². The van der Waals surface area contributed by atoms with E-state index in [2.05, 4.69) is 14.6 Å². The van der Waals surface area contributed by atoms with Gasteiger partial charge in [-0.3, -0.25) is 0 Å². The molecule has 9 nitrogen and oxygen atoms in total. The van der Waals surface area contributed by atoms with Gasteiger partial charge in [-0.2, -0.15) is 0 Å². The Hall–Kier alpha value is -4.71. The van der Waals surface area contributed by atoms with Crippen molar-refractivity contribution < 1.29 is 0 Å². The highest BCUT2D eigenvalue weighted by molar-refractivity contribution is 8.06. The van der Waals surface area contributed by atoms with E-state index in [-0.39, 0.29) is 0 Å². The molecule has 48 heavy (non-hydrogen) atoms. The number of nitrogens with one attached hydrogen (secondary N) is 3. The average Bonchev–Trinajstić information content (AvgIpc) is 3.10. The summed E-state index contributed by atoms with van der Waals surface area (Å²) in [5.74, 6) is 0. The molecule has 0 aliphatic carbocycles. The first kappa shape index (κ1) is 31.9. The summed E-state index contributed by atoms with van der Waals surface area (Å²) in [7, 11) is -9.64. The molecule has 0 aromatic heterocycles. The maximum atomic E-state index is 5.40. The van der Waals surface area contributed by atoms with Gasteiger partial charge in [0.25, 0.3) is 0 Å². The van der Waals surface area contributed by atoms with Crippen molar-refractivity contribution in [2.24, 2.45) is 0 Å². The standard InChI is InChI=1S/C36H33N9P3/c1-7-19-31(20-8-1)37-46(38-32-21-9-2-10-22-32)43-47(39-33-23-11-3-12-24-33,40-34-25-13-4-14-26-34)45-48(44-46,41-35-27-15-5-16-28-35)42-36-29-17-6-18-30-36/h1-30,43-45H/q-3. The lowest BCUT2D eigenvalue weighted by Crippen LogP contribution is -2.40. The summed E-state index contributed by atoms with van der Waals surface area (Å²) in [5.41, 5.74) is 4.51. The third-order valence-electron chi connectivity index (χ3n) is 6.93. The lowest BCUT2D eigenvalue weighted by Gasteiger charge is -2.65. The Morgan fingerprint density at radius 1 is 0.229 bits per heavy atom. The van der Waals surface area contributed by atoms with Crippen molar-refractivity contribution in [1.82, 2.24) is 14.6 Å². The zero-order valence-corrected chi connectivity index (χ0v) is 28.5. The van der Waals surface area contributed by atoms with Gasteiger partial charge >= 0.3 is 0 Å². The molecule has 7 rings (SSSR count). The largest absolute Gasteiger partial charge is 0.495 e. The van der Waals surface area contributed by atoms with Crippen molar-refractivity contribution in [1.29, 1.82) is 0 Å². The van der Waals surface area contributed by atoms with E-state index in [4.69, 9.17) is 30.5 Å². The van der Waals surface area contributed by atoms with E-state index >= 15 is 0 Å². The van der Waals surface area contributed by atoms with Crippen LogP contribution >= 0.6 is 23.6 Å². The normalized spacial score (nSPS) is 15.8. The smallest absolute Gasteiger partial charge is 0.122 e. The van der Waals surface area contributed by atoms with Crippen LogP contribution in [-0.4, -0.2) is 0 Å². The molecule has 6 aromatic carbocycles. The van der Waals surface area contributed by atoms with Crippen molar-refractivity contribution in [2.45, 2.75) is 0 Å².